The predicted octanol–water partition coefficient (Wildman–Crippen LogP) is 2.67. The van der Waals surface area contributed by atoms with Gasteiger partial charge in [0.2, 0.25) is 0 Å². The molecule has 1 rings (SSSR count). The molecule has 0 spiro atoms. The summed E-state index contributed by atoms with van der Waals surface area (Å²) >= 11 is 0. The normalized spacial score (nSPS) is 15.1. The summed E-state index contributed by atoms with van der Waals surface area (Å²) in [6.45, 7) is 1.82. The Morgan fingerprint density at radius 3 is 2.50 bits per heavy atom. The van der Waals surface area contributed by atoms with Crippen molar-refractivity contribution in [1.82, 2.24) is 5.32 Å². The molecule has 1 aromatic carbocycles. The molecule has 3 nitrogen and oxygen atoms in total. The molecular weight excluding hydrogens is 271 g/mol. The zero-order chi connectivity index (χ0) is 15.0. The summed E-state index contributed by atoms with van der Waals surface area (Å²) in [5, 5.41) is 12.2. The fourth-order valence-electron chi connectivity index (χ4n) is 1.63. The highest BCUT2D eigenvalue weighted by atomic mass is 19.4. The summed E-state index contributed by atoms with van der Waals surface area (Å²) in [7, 11) is 0. The molecule has 114 valence electrons. The second kappa shape index (κ2) is 8.24. The summed E-state index contributed by atoms with van der Waals surface area (Å²) in [6.07, 6.45) is -6.06. The van der Waals surface area contributed by atoms with Gasteiger partial charge < -0.3 is 15.2 Å². The van der Waals surface area contributed by atoms with E-state index in [-0.39, 0.29) is 25.8 Å². The average Bonchev–Trinajstić information content (AvgIpc) is 2.41. The van der Waals surface area contributed by atoms with Gasteiger partial charge in [-0.1, -0.05) is 30.3 Å². The Balaban J connectivity index is 2.15. The van der Waals surface area contributed by atoms with Crippen molar-refractivity contribution in [2.75, 3.05) is 19.7 Å². The van der Waals surface area contributed by atoms with Crippen molar-refractivity contribution in [3.8, 4) is 0 Å². The number of aliphatic hydroxyl groups is 1. The van der Waals surface area contributed by atoms with Gasteiger partial charge in [-0.05, 0) is 12.5 Å². The highest BCUT2D eigenvalue weighted by Crippen LogP contribution is 2.18. The molecule has 0 aliphatic rings. The van der Waals surface area contributed by atoms with Crippen LogP contribution in [0.5, 0.6) is 0 Å². The average molecular weight is 291 g/mol. The minimum atomic E-state index is -4.17. The van der Waals surface area contributed by atoms with Gasteiger partial charge in [-0.3, -0.25) is 0 Å². The monoisotopic (exact) mass is 291 g/mol. The summed E-state index contributed by atoms with van der Waals surface area (Å²) in [6, 6.07) is 9.52. The smallest absolute Gasteiger partial charge is 0.389 e. The van der Waals surface area contributed by atoms with Gasteiger partial charge in [0.15, 0.2) is 0 Å². The molecule has 0 saturated carbocycles. The van der Waals surface area contributed by atoms with Gasteiger partial charge in [0.1, 0.15) is 0 Å². The van der Waals surface area contributed by atoms with Gasteiger partial charge in [-0.25, -0.2) is 0 Å². The van der Waals surface area contributed by atoms with Gasteiger partial charge in [0, 0.05) is 13.1 Å². The lowest BCUT2D eigenvalue weighted by Gasteiger charge is -2.17. The van der Waals surface area contributed by atoms with Crippen LogP contribution in [0.3, 0.4) is 0 Å². The maximum Gasteiger partial charge on any atom is 0.390 e. The van der Waals surface area contributed by atoms with Gasteiger partial charge in [0.05, 0.1) is 25.2 Å². The van der Waals surface area contributed by atoms with Crippen LogP contribution in [0, 0.1) is 0 Å². The molecule has 2 unspecified atom stereocenters. The number of benzene rings is 1. The van der Waals surface area contributed by atoms with Gasteiger partial charge in [-0.2, -0.15) is 13.2 Å². The van der Waals surface area contributed by atoms with Crippen molar-refractivity contribution in [1.29, 1.82) is 0 Å². The van der Waals surface area contributed by atoms with Crippen molar-refractivity contribution < 1.29 is 23.0 Å². The molecule has 2 atom stereocenters. The summed E-state index contributed by atoms with van der Waals surface area (Å²) in [4.78, 5) is 0. The van der Waals surface area contributed by atoms with Crippen LogP contribution >= 0.6 is 0 Å². The molecule has 0 amide bonds. The first-order valence-corrected chi connectivity index (χ1v) is 6.50. The first-order valence-electron chi connectivity index (χ1n) is 6.50. The Kier molecular flexibility index (Phi) is 6.98. The summed E-state index contributed by atoms with van der Waals surface area (Å²) < 4.78 is 41.2. The maximum atomic E-state index is 11.9. The molecule has 20 heavy (non-hydrogen) atoms. The Bertz CT molecular complexity index is 370. The zero-order valence-corrected chi connectivity index (χ0v) is 11.4. The minimum absolute atomic E-state index is 0.0785. The molecule has 2 N–H and O–H groups in total. The first-order chi connectivity index (χ1) is 9.38. The van der Waals surface area contributed by atoms with Crippen molar-refractivity contribution in [3.63, 3.8) is 0 Å². The third-order valence-corrected chi connectivity index (χ3v) is 2.77. The molecule has 0 fully saturated rings. The molecule has 0 radical (unpaired) electrons. The van der Waals surface area contributed by atoms with E-state index in [1.54, 1.807) is 0 Å². The van der Waals surface area contributed by atoms with Crippen molar-refractivity contribution in [2.24, 2.45) is 0 Å². The molecule has 0 bridgehead atoms. The van der Waals surface area contributed by atoms with E-state index in [1.807, 2.05) is 37.3 Å². The van der Waals surface area contributed by atoms with Crippen LogP contribution in [0.4, 0.5) is 13.2 Å². The lowest BCUT2D eigenvalue weighted by atomic mass is 10.1. The van der Waals surface area contributed by atoms with Crippen molar-refractivity contribution in [3.05, 3.63) is 35.9 Å². The van der Waals surface area contributed by atoms with Crippen LogP contribution < -0.4 is 5.32 Å². The van der Waals surface area contributed by atoms with Crippen LogP contribution in [-0.4, -0.2) is 37.1 Å². The number of ether oxygens (including phenoxy) is 1. The fourth-order valence-corrected chi connectivity index (χ4v) is 1.63. The Morgan fingerprint density at radius 1 is 1.25 bits per heavy atom. The predicted molar refractivity (Wildman–Crippen MR) is 70.4 cm³/mol. The van der Waals surface area contributed by atoms with Crippen LogP contribution in [0.15, 0.2) is 30.3 Å². The SMILES string of the molecule is CC(OCC(O)CNCCC(F)(F)F)c1ccccc1. The number of alkyl halides is 3. The third kappa shape index (κ3) is 7.47. The lowest BCUT2D eigenvalue weighted by molar-refractivity contribution is -0.133. The van der Waals surface area contributed by atoms with Crippen molar-refractivity contribution in [2.45, 2.75) is 31.7 Å². The molecule has 0 aromatic heterocycles. The number of aliphatic hydroxyl groups excluding tert-OH is 1. The van der Waals surface area contributed by atoms with Crippen LogP contribution in [0.25, 0.3) is 0 Å². The summed E-state index contributed by atoms with van der Waals surface area (Å²) in [5.74, 6) is 0. The lowest BCUT2D eigenvalue weighted by Crippen LogP contribution is -2.32. The Morgan fingerprint density at radius 2 is 1.90 bits per heavy atom. The Hall–Kier alpha value is -1.11. The molecule has 0 aliphatic heterocycles. The van der Waals surface area contributed by atoms with Crippen LogP contribution in [0.2, 0.25) is 0 Å². The van der Waals surface area contributed by atoms with E-state index < -0.39 is 18.7 Å². The van der Waals surface area contributed by atoms with E-state index in [0.717, 1.165) is 5.56 Å². The van der Waals surface area contributed by atoms with Crippen LogP contribution in [0.1, 0.15) is 25.0 Å². The first kappa shape index (κ1) is 16.9. The van der Waals surface area contributed by atoms with E-state index in [0.29, 0.717) is 0 Å². The fraction of sp³-hybridized carbons (Fsp3) is 0.571. The molecule has 1 aromatic rings. The number of rotatable bonds is 8. The maximum absolute atomic E-state index is 11.9. The molecular formula is C14H20F3NO2. The van der Waals surface area contributed by atoms with Gasteiger partial charge in [0.25, 0.3) is 0 Å². The largest absolute Gasteiger partial charge is 0.390 e. The Labute approximate surface area is 116 Å². The highest BCUT2D eigenvalue weighted by Gasteiger charge is 2.26. The van der Waals surface area contributed by atoms with Gasteiger partial charge >= 0.3 is 6.18 Å². The zero-order valence-electron chi connectivity index (χ0n) is 11.4. The van der Waals surface area contributed by atoms with E-state index in [4.69, 9.17) is 4.74 Å². The third-order valence-electron chi connectivity index (χ3n) is 2.77. The number of nitrogens with one attached hydrogen (secondary N) is 1. The standard InChI is InChI=1S/C14H20F3NO2/c1-11(12-5-3-2-4-6-12)20-10-13(19)9-18-8-7-14(15,16)17/h2-6,11,13,18-19H,7-10H2,1H3. The molecule has 0 heterocycles. The quantitative estimate of drug-likeness (QED) is 0.724. The molecule has 0 aliphatic carbocycles. The van der Waals surface area contributed by atoms with E-state index >= 15 is 0 Å². The molecule has 6 heteroatoms. The number of hydrogen-bond acceptors (Lipinski definition) is 3. The van der Waals surface area contributed by atoms with E-state index in [9.17, 15) is 18.3 Å². The minimum Gasteiger partial charge on any atom is -0.389 e. The van der Waals surface area contributed by atoms with Crippen LogP contribution in [-0.2, 0) is 4.74 Å². The summed E-state index contributed by atoms with van der Waals surface area (Å²) in [5.41, 5.74) is 0.990. The van der Waals surface area contributed by atoms with Crippen molar-refractivity contribution >= 4 is 0 Å². The van der Waals surface area contributed by atoms with Gasteiger partial charge in [-0.15, -0.1) is 0 Å². The number of halogens is 3. The highest BCUT2D eigenvalue weighted by molar-refractivity contribution is 5.16. The second-order valence-electron chi connectivity index (χ2n) is 4.61. The van der Waals surface area contributed by atoms with E-state index in [2.05, 4.69) is 5.32 Å². The van der Waals surface area contributed by atoms with E-state index in [1.165, 1.54) is 0 Å². The topological polar surface area (TPSA) is 41.5 Å². The second-order valence-corrected chi connectivity index (χ2v) is 4.61. The molecule has 0 saturated heterocycles. The number of hydrogen-bond donors (Lipinski definition) is 2.